The molecule has 0 saturated carbocycles. The van der Waals surface area contributed by atoms with Gasteiger partial charge in [0.2, 0.25) is 0 Å². The van der Waals surface area contributed by atoms with Gasteiger partial charge >= 0.3 is 6.09 Å². The predicted molar refractivity (Wildman–Crippen MR) is 62.7 cm³/mol. The quantitative estimate of drug-likeness (QED) is 0.732. The van der Waals surface area contributed by atoms with Crippen molar-refractivity contribution in [3.8, 4) is 11.8 Å². The molecule has 0 aromatic heterocycles. The van der Waals surface area contributed by atoms with E-state index in [4.69, 9.17) is 10.00 Å². The van der Waals surface area contributed by atoms with E-state index in [1.54, 1.807) is 20.8 Å². The van der Waals surface area contributed by atoms with Crippen molar-refractivity contribution in [1.29, 1.82) is 5.26 Å². The van der Waals surface area contributed by atoms with Gasteiger partial charge in [-0.2, -0.15) is 5.26 Å². The normalized spacial score (nSPS) is 10.5. The van der Waals surface area contributed by atoms with Gasteiger partial charge in [-0.15, -0.1) is 0 Å². The van der Waals surface area contributed by atoms with E-state index in [1.807, 2.05) is 6.07 Å². The molecule has 0 radical (unpaired) electrons. The number of nitriles is 1. The Kier molecular flexibility index (Phi) is 3.59. The largest absolute Gasteiger partial charge is 0.507 e. The molecule has 1 amide bonds. The highest BCUT2D eigenvalue weighted by atomic mass is 16.6. The lowest BCUT2D eigenvalue weighted by atomic mass is 10.2. The summed E-state index contributed by atoms with van der Waals surface area (Å²) < 4.78 is 5.05. The van der Waals surface area contributed by atoms with Gasteiger partial charge in [-0.25, -0.2) is 4.79 Å². The monoisotopic (exact) mass is 234 g/mol. The minimum Gasteiger partial charge on any atom is -0.507 e. The number of benzene rings is 1. The highest BCUT2D eigenvalue weighted by Crippen LogP contribution is 2.21. The third kappa shape index (κ3) is 4.03. The first-order valence-electron chi connectivity index (χ1n) is 5.05. The maximum absolute atomic E-state index is 11.4. The Bertz CT molecular complexity index is 470. The molecule has 0 aliphatic carbocycles. The van der Waals surface area contributed by atoms with Crippen LogP contribution in [0.5, 0.6) is 5.75 Å². The molecule has 0 saturated heterocycles. The molecule has 0 spiro atoms. The number of amides is 1. The van der Waals surface area contributed by atoms with Crippen LogP contribution in [0.4, 0.5) is 10.5 Å². The molecule has 0 aliphatic heterocycles. The number of ether oxygens (including phenoxy) is 1. The van der Waals surface area contributed by atoms with Crippen LogP contribution in [-0.2, 0) is 4.74 Å². The summed E-state index contributed by atoms with van der Waals surface area (Å²) in [5, 5.41) is 20.5. The number of aromatic hydroxyl groups is 1. The zero-order valence-corrected chi connectivity index (χ0v) is 9.94. The Morgan fingerprint density at radius 2 is 2.12 bits per heavy atom. The van der Waals surface area contributed by atoms with Crippen LogP contribution >= 0.6 is 0 Å². The molecule has 90 valence electrons. The number of carbonyl (C=O) groups is 1. The maximum Gasteiger partial charge on any atom is 0.412 e. The lowest BCUT2D eigenvalue weighted by Gasteiger charge is -2.19. The van der Waals surface area contributed by atoms with Crippen LogP contribution in [0.25, 0.3) is 0 Å². The first-order chi connectivity index (χ1) is 7.81. The van der Waals surface area contributed by atoms with Gasteiger partial charge in [0, 0.05) is 5.69 Å². The lowest BCUT2D eigenvalue weighted by molar-refractivity contribution is 0.0636. The second-order valence-corrected chi connectivity index (χ2v) is 4.47. The Hall–Kier alpha value is -2.22. The van der Waals surface area contributed by atoms with Crippen LogP contribution in [0, 0.1) is 11.3 Å². The Morgan fingerprint density at radius 3 is 2.65 bits per heavy atom. The van der Waals surface area contributed by atoms with E-state index >= 15 is 0 Å². The molecule has 0 aliphatic rings. The van der Waals surface area contributed by atoms with E-state index in [-0.39, 0.29) is 11.3 Å². The van der Waals surface area contributed by atoms with E-state index in [9.17, 15) is 9.90 Å². The van der Waals surface area contributed by atoms with Gasteiger partial charge < -0.3 is 9.84 Å². The highest BCUT2D eigenvalue weighted by Gasteiger charge is 2.16. The van der Waals surface area contributed by atoms with Gasteiger partial charge in [-0.1, -0.05) is 0 Å². The second kappa shape index (κ2) is 4.74. The molecule has 0 fully saturated rings. The average Bonchev–Trinajstić information content (AvgIpc) is 2.18. The summed E-state index contributed by atoms with van der Waals surface area (Å²) in [5.74, 6) is -0.123. The summed E-state index contributed by atoms with van der Waals surface area (Å²) in [6, 6.07) is 6.01. The highest BCUT2D eigenvalue weighted by molar-refractivity contribution is 5.85. The van der Waals surface area contributed by atoms with Crippen LogP contribution in [0.3, 0.4) is 0 Å². The molecule has 1 rings (SSSR count). The summed E-state index contributed by atoms with van der Waals surface area (Å²) in [6.45, 7) is 5.26. The first-order valence-corrected chi connectivity index (χ1v) is 5.05. The van der Waals surface area contributed by atoms with Crippen molar-refractivity contribution in [2.45, 2.75) is 26.4 Å². The first kappa shape index (κ1) is 12.8. The van der Waals surface area contributed by atoms with Crippen molar-refractivity contribution < 1.29 is 14.6 Å². The fraction of sp³-hybridized carbons (Fsp3) is 0.333. The summed E-state index contributed by atoms with van der Waals surface area (Å²) in [7, 11) is 0. The zero-order chi connectivity index (χ0) is 13.1. The Balaban J connectivity index is 2.77. The SMILES string of the molecule is CC(C)(C)OC(=O)Nc1ccc(O)c(C#N)c1. The van der Waals surface area contributed by atoms with Crippen LogP contribution in [-0.4, -0.2) is 16.8 Å². The van der Waals surface area contributed by atoms with E-state index in [1.165, 1.54) is 18.2 Å². The minimum atomic E-state index is -0.605. The Labute approximate surface area is 99.6 Å². The molecule has 5 nitrogen and oxygen atoms in total. The fourth-order valence-electron chi connectivity index (χ4n) is 1.12. The summed E-state index contributed by atoms with van der Waals surface area (Å²) in [5.41, 5.74) is -0.0915. The number of nitrogens with one attached hydrogen (secondary N) is 1. The minimum absolute atomic E-state index is 0.0959. The summed E-state index contributed by atoms with van der Waals surface area (Å²) in [4.78, 5) is 11.4. The number of phenols is 1. The van der Waals surface area contributed by atoms with Gasteiger partial charge in [-0.05, 0) is 39.0 Å². The molecule has 0 heterocycles. The number of hydrogen-bond donors (Lipinski definition) is 2. The van der Waals surface area contributed by atoms with Gasteiger partial charge in [0.15, 0.2) is 0 Å². The molecule has 0 bridgehead atoms. The van der Waals surface area contributed by atoms with Gasteiger partial charge in [-0.3, -0.25) is 5.32 Å². The number of carbonyl (C=O) groups excluding carboxylic acids is 1. The molecule has 1 aromatic rings. The van der Waals surface area contributed by atoms with Crippen molar-refractivity contribution in [1.82, 2.24) is 0 Å². The topological polar surface area (TPSA) is 82.3 Å². The lowest BCUT2D eigenvalue weighted by Crippen LogP contribution is -2.27. The predicted octanol–water partition coefficient (Wildman–Crippen LogP) is 2.61. The standard InChI is InChI=1S/C12H14N2O3/c1-12(2,3)17-11(16)14-9-4-5-10(15)8(6-9)7-13/h4-6,15H,1-3H3,(H,14,16). The maximum atomic E-state index is 11.4. The molecule has 2 N–H and O–H groups in total. The molecule has 5 heteroatoms. The third-order valence-electron chi connectivity index (χ3n) is 1.76. The van der Waals surface area contributed by atoms with E-state index in [0.29, 0.717) is 5.69 Å². The van der Waals surface area contributed by atoms with Gasteiger partial charge in [0.1, 0.15) is 17.4 Å². The molecular formula is C12H14N2O3. The third-order valence-corrected chi connectivity index (χ3v) is 1.76. The smallest absolute Gasteiger partial charge is 0.412 e. The van der Waals surface area contributed by atoms with Crippen molar-refractivity contribution in [2.75, 3.05) is 5.32 Å². The Morgan fingerprint density at radius 1 is 1.47 bits per heavy atom. The van der Waals surface area contributed by atoms with Crippen molar-refractivity contribution in [3.05, 3.63) is 23.8 Å². The van der Waals surface area contributed by atoms with Crippen molar-refractivity contribution in [2.24, 2.45) is 0 Å². The van der Waals surface area contributed by atoms with Crippen LogP contribution in [0.2, 0.25) is 0 Å². The fourth-order valence-corrected chi connectivity index (χ4v) is 1.12. The molecule has 0 atom stereocenters. The van der Waals surface area contributed by atoms with Crippen LogP contribution in [0.1, 0.15) is 26.3 Å². The zero-order valence-electron chi connectivity index (χ0n) is 9.94. The molecule has 0 unspecified atom stereocenters. The van der Waals surface area contributed by atoms with E-state index < -0.39 is 11.7 Å². The average molecular weight is 234 g/mol. The number of nitrogens with zero attached hydrogens (tertiary/aromatic N) is 1. The molecule has 17 heavy (non-hydrogen) atoms. The molecular weight excluding hydrogens is 220 g/mol. The number of hydrogen-bond acceptors (Lipinski definition) is 4. The van der Waals surface area contributed by atoms with Crippen molar-refractivity contribution in [3.63, 3.8) is 0 Å². The molecule has 1 aromatic carbocycles. The van der Waals surface area contributed by atoms with E-state index in [0.717, 1.165) is 0 Å². The van der Waals surface area contributed by atoms with Crippen LogP contribution < -0.4 is 5.32 Å². The number of phenolic OH excluding ortho intramolecular Hbond substituents is 1. The van der Waals surface area contributed by atoms with E-state index in [2.05, 4.69) is 5.32 Å². The van der Waals surface area contributed by atoms with Crippen LogP contribution in [0.15, 0.2) is 18.2 Å². The summed E-state index contributed by atoms with van der Waals surface area (Å²) >= 11 is 0. The van der Waals surface area contributed by atoms with Gasteiger partial charge in [0.05, 0.1) is 5.56 Å². The number of rotatable bonds is 1. The summed E-state index contributed by atoms with van der Waals surface area (Å²) in [6.07, 6.45) is -0.605. The second-order valence-electron chi connectivity index (χ2n) is 4.47. The number of anilines is 1. The van der Waals surface area contributed by atoms with Crippen molar-refractivity contribution >= 4 is 11.8 Å². The van der Waals surface area contributed by atoms with Gasteiger partial charge in [0.25, 0.3) is 0 Å².